The van der Waals surface area contributed by atoms with Gasteiger partial charge >= 0.3 is 6.18 Å². The largest absolute Gasteiger partial charge is 0.436 e. The third-order valence-corrected chi connectivity index (χ3v) is 5.40. The standard InChI is InChI=1S/C12H9F3I2N2O/c13-12(14,15)10-11(16)19(17)9(18-10)7-20-6-8-4-2-1-3-5-8/h1-5H,6-7H2. The molecule has 0 amide bonds. The highest BCUT2D eigenvalue weighted by Crippen LogP contribution is 2.33. The summed E-state index contributed by atoms with van der Waals surface area (Å²) in [7, 11) is 0. The lowest BCUT2D eigenvalue weighted by atomic mass is 10.2. The first-order valence-electron chi connectivity index (χ1n) is 5.51. The highest BCUT2D eigenvalue weighted by atomic mass is 127. The van der Waals surface area contributed by atoms with E-state index < -0.39 is 11.9 Å². The molecule has 0 aliphatic rings. The Kier molecular flexibility index (Phi) is 5.29. The molecule has 0 unspecified atom stereocenters. The van der Waals surface area contributed by atoms with E-state index in [1.807, 2.05) is 30.3 Å². The SMILES string of the molecule is FC(F)(F)c1nc(COCc2ccccc2)n(I)c1I. The first-order chi connectivity index (χ1) is 9.39. The van der Waals surface area contributed by atoms with E-state index in [0.717, 1.165) is 5.56 Å². The lowest BCUT2D eigenvalue weighted by Gasteiger charge is -2.03. The molecular formula is C12H9F3I2N2O. The minimum absolute atomic E-state index is 0.0317. The van der Waals surface area contributed by atoms with Crippen molar-refractivity contribution in [2.24, 2.45) is 0 Å². The van der Waals surface area contributed by atoms with Crippen LogP contribution in [0.2, 0.25) is 0 Å². The number of hydrogen-bond acceptors (Lipinski definition) is 2. The number of aromatic nitrogens is 2. The highest BCUT2D eigenvalue weighted by Gasteiger charge is 2.38. The van der Waals surface area contributed by atoms with Gasteiger partial charge in [0.15, 0.2) is 5.69 Å². The minimum atomic E-state index is -4.44. The Labute approximate surface area is 141 Å². The van der Waals surface area contributed by atoms with Gasteiger partial charge in [-0.1, -0.05) is 30.3 Å². The first-order valence-corrected chi connectivity index (χ1v) is 7.56. The van der Waals surface area contributed by atoms with E-state index in [-0.39, 0.29) is 16.1 Å². The lowest BCUT2D eigenvalue weighted by molar-refractivity contribution is -0.141. The van der Waals surface area contributed by atoms with Gasteiger partial charge in [-0.05, 0) is 28.2 Å². The Balaban J connectivity index is 2.04. The zero-order valence-corrected chi connectivity index (χ0v) is 14.3. The monoisotopic (exact) mass is 508 g/mol. The third kappa shape index (κ3) is 3.85. The smallest absolute Gasteiger partial charge is 0.369 e. The molecule has 108 valence electrons. The van der Waals surface area contributed by atoms with Crippen molar-refractivity contribution in [1.29, 1.82) is 0 Å². The Morgan fingerprint density at radius 1 is 1.15 bits per heavy atom. The molecule has 1 aromatic carbocycles. The van der Waals surface area contributed by atoms with Crippen LogP contribution in [0.4, 0.5) is 13.2 Å². The fourth-order valence-electron chi connectivity index (χ4n) is 1.53. The van der Waals surface area contributed by atoms with Gasteiger partial charge in [0.2, 0.25) is 0 Å². The summed E-state index contributed by atoms with van der Waals surface area (Å²) in [5.74, 6) is 0.248. The van der Waals surface area contributed by atoms with Crippen molar-refractivity contribution in [2.45, 2.75) is 19.4 Å². The molecule has 0 spiro atoms. The molecule has 0 aliphatic carbocycles. The van der Waals surface area contributed by atoms with Crippen molar-refractivity contribution in [3.05, 3.63) is 51.1 Å². The van der Waals surface area contributed by atoms with E-state index in [2.05, 4.69) is 4.98 Å². The van der Waals surface area contributed by atoms with Crippen LogP contribution in [0.1, 0.15) is 17.1 Å². The summed E-state index contributed by atoms with van der Waals surface area (Å²) in [5.41, 5.74) is 0.0932. The summed E-state index contributed by atoms with van der Waals surface area (Å²) in [4.78, 5) is 3.61. The molecule has 0 saturated carbocycles. The Bertz CT molecular complexity index is 584. The molecule has 0 saturated heterocycles. The van der Waals surface area contributed by atoms with Crippen LogP contribution in [0.15, 0.2) is 30.3 Å². The van der Waals surface area contributed by atoms with Crippen LogP contribution < -0.4 is 0 Å². The van der Waals surface area contributed by atoms with Gasteiger partial charge in [0.05, 0.1) is 29.5 Å². The number of hydrogen-bond donors (Lipinski definition) is 0. The van der Waals surface area contributed by atoms with Gasteiger partial charge in [-0.25, -0.2) is 4.98 Å². The van der Waals surface area contributed by atoms with E-state index in [9.17, 15) is 13.2 Å². The van der Waals surface area contributed by atoms with Gasteiger partial charge in [0.25, 0.3) is 0 Å². The Morgan fingerprint density at radius 2 is 1.80 bits per heavy atom. The maximum Gasteiger partial charge on any atom is 0.436 e. The van der Waals surface area contributed by atoms with Crippen LogP contribution >= 0.6 is 45.5 Å². The van der Waals surface area contributed by atoms with Crippen molar-refractivity contribution in [3.63, 3.8) is 0 Å². The fraction of sp³-hybridized carbons (Fsp3) is 0.250. The summed E-state index contributed by atoms with van der Waals surface area (Å²) in [6, 6.07) is 9.42. The first kappa shape index (κ1) is 16.0. The van der Waals surface area contributed by atoms with Crippen molar-refractivity contribution in [2.75, 3.05) is 0 Å². The van der Waals surface area contributed by atoms with Gasteiger partial charge in [-0.2, -0.15) is 13.2 Å². The van der Waals surface area contributed by atoms with Crippen molar-refractivity contribution < 1.29 is 17.9 Å². The maximum absolute atomic E-state index is 12.7. The zero-order chi connectivity index (χ0) is 14.8. The molecule has 1 aromatic heterocycles. The molecule has 0 bridgehead atoms. The van der Waals surface area contributed by atoms with Crippen LogP contribution in [0, 0.1) is 3.70 Å². The van der Waals surface area contributed by atoms with E-state index >= 15 is 0 Å². The molecule has 3 nitrogen and oxygen atoms in total. The van der Waals surface area contributed by atoms with Gasteiger partial charge in [0.1, 0.15) is 16.1 Å². The van der Waals surface area contributed by atoms with Crippen LogP contribution in [0.5, 0.6) is 0 Å². The minimum Gasteiger partial charge on any atom is -0.369 e. The van der Waals surface area contributed by atoms with Gasteiger partial charge in [-0.15, -0.1) is 0 Å². The molecule has 0 aliphatic heterocycles. The second-order valence-electron chi connectivity index (χ2n) is 3.92. The second kappa shape index (κ2) is 6.60. The van der Waals surface area contributed by atoms with Crippen LogP contribution in [-0.4, -0.2) is 7.76 Å². The van der Waals surface area contributed by atoms with Gasteiger partial charge in [0, 0.05) is 0 Å². The fourth-order valence-corrected chi connectivity index (χ4v) is 2.71. The summed E-state index contributed by atoms with van der Waals surface area (Å²) in [6.07, 6.45) is -4.44. The Hall–Kier alpha value is -0.360. The average molecular weight is 508 g/mol. The number of benzene rings is 1. The number of rotatable bonds is 4. The maximum atomic E-state index is 12.7. The van der Waals surface area contributed by atoms with E-state index in [1.54, 1.807) is 45.5 Å². The molecule has 8 heteroatoms. The number of halogens is 5. The molecule has 2 aromatic rings. The normalized spacial score (nSPS) is 11.8. The topological polar surface area (TPSA) is 27.1 Å². The quantitative estimate of drug-likeness (QED) is 0.573. The van der Waals surface area contributed by atoms with E-state index in [1.165, 1.54) is 2.78 Å². The van der Waals surface area contributed by atoms with E-state index in [0.29, 0.717) is 6.61 Å². The predicted molar refractivity (Wildman–Crippen MR) is 84.3 cm³/mol. The highest BCUT2D eigenvalue weighted by molar-refractivity contribution is 14.1. The summed E-state index contributed by atoms with van der Waals surface area (Å²) in [6.45, 7) is 0.367. The van der Waals surface area contributed by atoms with Gasteiger partial charge < -0.3 is 4.74 Å². The molecule has 0 atom stereocenters. The molecule has 0 radical (unpaired) electrons. The number of alkyl halides is 3. The van der Waals surface area contributed by atoms with Crippen LogP contribution in [-0.2, 0) is 24.1 Å². The molecule has 0 N–H and O–H groups in total. The summed E-state index contributed by atoms with van der Waals surface area (Å²) in [5, 5.41) is 0. The van der Waals surface area contributed by atoms with Gasteiger partial charge in [-0.3, -0.25) is 2.78 Å². The van der Waals surface area contributed by atoms with Crippen LogP contribution in [0.25, 0.3) is 0 Å². The average Bonchev–Trinajstić information content (AvgIpc) is 2.68. The molecule has 1 heterocycles. The summed E-state index contributed by atoms with van der Waals surface area (Å²) < 4.78 is 44.9. The zero-order valence-electron chi connectivity index (χ0n) is 9.99. The van der Waals surface area contributed by atoms with Crippen molar-refractivity contribution in [1.82, 2.24) is 7.76 Å². The molecule has 20 heavy (non-hydrogen) atoms. The van der Waals surface area contributed by atoms with Crippen LogP contribution in [0.3, 0.4) is 0 Å². The number of nitrogens with zero attached hydrogens (tertiary/aromatic N) is 2. The van der Waals surface area contributed by atoms with E-state index in [4.69, 9.17) is 4.74 Å². The Morgan fingerprint density at radius 3 is 2.35 bits per heavy atom. The summed E-state index contributed by atoms with van der Waals surface area (Å²) >= 11 is 3.42. The molecule has 0 fully saturated rings. The number of imidazole rings is 1. The number of ether oxygens (including phenoxy) is 1. The molecule has 2 rings (SSSR count). The molecular weight excluding hydrogens is 499 g/mol. The van der Waals surface area contributed by atoms with Crippen molar-refractivity contribution in [3.8, 4) is 0 Å². The van der Waals surface area contributed by atoms with Crippen molar-refractivity contribution >= 4 is 45.5 Å². The second-order valence-corrected chi connectivity index (χ2v) is 5.91. The lowest BCUT2D eigenvalue weighted by Crippen LogP contribution is -2.07. The third-order valence-electron chi connectivity index (χ3n) is 2.45. The predicted octanol–water partition coefficient (Wildman–Crippen LogP) is 4.42.